The summed E-state index contributed by atoms with van der Waals surface area (Å²) in [4.78, 5) is 4.88. The van der Waals surface area contributed by atoms with Crippen LogP contribution in [0.3, 0.4) is 0 Å². The molecule has 0 fully saturated rings. The minimum atomic E-state index is -0.235. The summed E-state index contributed by atoms with van der Waals surface area (Å²) in [5, 5.41) is 7.46. The van der Waals surface area contributed by atoms with E-state index in [0.29, 0.717) is 0 Å². The van der Waals surface area contributed by atoms with Crippen LogP contribution in [0, 0.1) is 5.82 Å². The van der Waals surface area contributed by atoms with Crippen LogP contribution in [0.15, 0.2) is 29.4 Å². The summed E-state index contributed by atoms with van der Waals surface area (Å²) in [5.74, 6) is -0.235. The smallest absolute Gasteiger partial charge is 0.123 e. The van der Waals surface area contributed by atoms with Crippen molar-refractivity contribution in [3.63, 3.8) is 0 Å². The first-order valence-electron chi connectivity index (χ1n) is 7.84. The largest absolute Gasteiger partial charge is 0.399 e. The summed E-state index contributed by atoms with van der Waals surface area (Å²) in [6, 6.07) is 6.36. The minimum Gasteiger partial charge on any atom is -0.399 e. The monoisotopic (exact) mass is 294 g/mol. The van der Waals surface area contributed by atoms with Gasteiger partial charge in [-0.05, 0) is 30.7 Å². The maximum atomic E-state index is 12.9. The molecule has 118 valence electrons. The summed E-state index contributed by atoms with van der Waals surface area (Å²) in [6.45, 7) is 4.12. The Morgan fingerprint density at radius 2 is 1.81 bits per heavy atom. The van der Waals surface area contributed by atoms with Gasteiger partial charge >= 0.3 is 0 Å². The first-order valence-corrected chi connectivity index (χ1v) is 7.84. The highest BCUT2D eigenvalue weighted by Crippen LogP contribution is 2.07. The van der Waals surface area contributed by atoms with Gasteiger partial charge in [-0.1, -0.05) is 49.9 Å². The molecule has 0 radical (unpaired) electrons. The Morgan fingerprint density at radius 3 is 2.48 bits per heavy atom. The Bertz CT molecular complexity index is 404. The molecule has 21 heavy (non-hydrogen) atoms. The van der Waals surface area contributed by atoms with Crippen LogP contribution in [0.5, 0.6) is 0 Å². The normalized spacial score (nSPS) is 11.7. The summed E-state index contributed by atoms with van der Waals surface area (Å²) in [5.41, 5.74) is 1.75. The third-order valence-electron chi connectivity index (χ3n) is 3.37. The number of nitrogens with zero attached hydrogens (tertiary/aromatic N) is 1. The molecule has 1 aromatic carbocycles. The van der Waals surface area contributed by atoms with Gasteiger partial charge in [0.05, 0.1) is 5.71 Å². The fourth-order valence-corrected chi connectivity index (χ4v) is 2.18. The Balaban J connectivity index is 2.26. The number of rotatable bonds is 11. The topological polar surface area (TPSA) is 33.6 Å². The van der Waals surface area contributed by atoms with Gasteiger partial charge in [0.2, 0.25) is 0 Å². The second-order valence-corrected chi connectivity index (χ2v) is 5.14. The molecule has 0 atom stereocenters. The number of nitrogens with one attached hydrogen (secondary N) is 1. The molecule has 4 heteroatoms. The maximum Gasteiger partial charge on any atom is 0.123 e. The third kappa shape index (κ3) is 7.81. The first kappa shape index (κ1) is 17.6. The molecule has 1 rings (SSSR count). The number of halogens is 1. The van der Waals surface area contributed by atoms with Crippen molar-refractivity contribution in [2.75, 3.05) is 20.2 Å². The van der Waals surface area contributed by atoms with Gasteiger partial charge < -0.3 is 10.2 Å². The van der Waals surface area contributed by atoms with E-state index in [1.807, 2.05) is 0 Å². The number of hydrogen-bond acceptors (Lipinski definition) is 3. The van der Waals surface area contributed by atoms with Gasteiger partial charge in [-0.25, -0.2) is 4.39 Å². The SMILES string of the molecule is CCCCCCCNCC/C(=N/OC)c1ccc(F)cc1. The van der Waals surface area contributed by atoms with Crippen LogP contribution in [-0.2, 0) is 4.84 Å². The van der Waals surface area contributed by atoms with Gasteiger partial charge in [0.25, 0.3) is 0 Å². The van der Waals surface area contributed by atoms with E-state index in [0.717, 1.165) is 30.8 Å². The van der Waals surface area contributed by atoms with Crippen LogP contribution in [0.2, 0.25) is 0 Å². The van der Waals surface area contributed by atoms with Crippen molar-refractivity contribution in [2.24, 2.45) is 5.16 Å². The second kappa shape index (κ2) is 11.3. The fourth-order valence-electron chi connectivity index (χ4n) is 2.18. The van der Waals surface area contributed by atoms with Crippen molar-refractivity contribution < 1.29 is 9.23 Å². The average molecular weight is 294 g/mol. The third-order valence-corrected chi connectivity index (χ3v) is 3.37. The number of hydrogen-bond donors (Lipinski definition) is 1. The molecule has 0 heterocycles. The van der Waals surface area contributed by atoms with Gasteiger partial charge in [0.15, 0.2) is 0 Å². The zero-order valence-corrected chi connectivity index (χ0v) is 13.2. The van der Waals surface area contributed by atoms with E-state index in [4.69, 9.17) is 4.84 Å². The molecule has 0 aromatic heterocycles. The highest BCUT2D eigenvalue weighted by molar-refractivity contribution is 6.00. The van der Waals surface area contributed by atoms with Crippen molar-refractivity contribution in [3.8, 4) is 0 Å². The molecule has 0 saturated heterocycles. The molecule has 0 aliphatic heterocycles. The number of oxime groups is 1. The zero-order chi connectivity index (χ0) is 15.3. The number of unbranched alkanes of at least 4 members (excludes halogenated alkanes) is 4. The predicted octanol–water partition coefficient (Wildman–Crippen LogP) is 4.13. The maximum absolute atomic E-state index is 12.9. The van der Waals surface area contributed by atoms with Crippen molar-refractivity contribution in [1.82, 2.24) is 5.32 Å². The Labute approximate surface area is 127 Å². The molecule has 0 unspecified atom stereocenters. The van der Waals surface area contributed by atoms with E-state index in [1.165, 1.54) is 51.3 Å². The molecule has 0 bridgehead atoms. The summed E-state index contributed by atoms with van der Waals surface area (Å²) in [7, 11) is 1.53. The minimum absolute atomic E-state index is 0.235. The highest BCUT2D eigenvalue weighted by Gasteiger charge is 2.04. The summed E-state index contributed by atoms with van der Waals surface area (Å²) < 4.78 is 12.9. The van der Waals surface area contributed by atoms with Gasteiger partial charge in [-0.2, -0.15) is 0 Å². The van der Waals surface area contributed by atoms with Crippen LogP contribution < -0.4 is 5.32 Å². The van der Waals surface area contributed by atoms with Crippen LogP contribution in [0.25, 0.3) is 0 Å². The van der Waals surface area contributed by atoms with Crippen molar-refractivity contribution in [2.45, 2.75) is 45.4 Å². The Morgan fingerprint density at radius 1 is 1.10 bits per heavy atom. The van der Waals surface area contributed by atoms with E-state index in [-0.39, 0.29) is 5.82 Å². The van der Waals surface area contributed by atoms with E-state index in [9.17, 15) is 4.39 Å². The fraction of sp³-hybridized carbons (Fsp3) is 0.588. The van der Waals surface area contributed by atoms with Gasteiger partial charge in [0.1, 0.15) is 12.9 Å². The molecule has 0 aliphatic rings. The molecule has 0 saturated carbocycles. The average Bonchev–Trinajstić information content (AvgIpc) is 2.50. The molecule has 3 nitrogen and oxygen atoms in total. The summed E-state index contributed by atoms with van der Waals surface area (Å²) in [6.07, 6.45) is 7.21. The van der Waals surface area contributed by atoms with Crippen molar-refractivity contribution >= 4 is 5.71 Å². The molecule has 0 spiro atoms. The van der Waals surface area contributed by atoms with Crippen LogP contribution >= 0.6 is 0 Å². The zero-order valence-electron chi connectivity index (χ0n) is 13.2. The lowest BCUT2D eigenvalue weighted by atomic mass is 10.1. The van der Waals surface area contributed by atoms with Gasteiger partial charge in [0, 0.05) is 13.0 Å². The van der Waals surface area contributed by atoms with Crippen LogP contribution in [0.1, 0.15) is 51.0 Å². The summed E-state index contributed by atoms with van der Waals surface area (Å²) >= 11 is 0. The molecule has 0 amide bonds. The van der Waals surface area contributed by atoms with Crippen molar-refractivity contribution in [1.29, 1.82) is 0 Å². The van der Waals surface area contributed by atoms with Crippen molar-refractivity contribution in [3.05, 3.63) is 35.6 Å². The molecular weight excluding hydrogens is 267 g/mol. The van der Waals surface area contributed by atoms with Crippen LogP contribution in [0.4, 0.5) is 4.39 Å². The quantitative estimate of drug-likeness (QED) is 0.378. The van der Waals surface area contributed by atoms with E-state index < -0.39 is 0 Å². The van der Waals surface area contributed by atoms with E-state index >= 15 is 0 Å². The highest BCUT2D eigenvalue weighted by atomic mass is 19.1. The lowest BCUT2D eigenvalue weighted by Gasteiger charge is -2.08. The standard InChI is InChI=1S/C17H27FN2O/c1-3-4-5-6-7-13-19-14-12-17(20-21-2)15-8-10-16(18)11-9-15/h8-11,19H,3-7,12-14H2,1-2H3/b20-17-. The van der Waals surface area contributed by atoms with Crippen LogP contribution in [-0.4, -0.2) is 25.9 Å². The first-order chi connectivity index (χ1) is 10.3. The lowest BCUT2D eigenvalue weighted by Crippen LogP contribution is -2.20. The Hall–Kier alpha value is -1.42. The molecule has 1 aromatic rings. The van der Waals surface area contributed by atoms with E-state index in [2.05, 4.69) is 17.4 Å². The second-order valence-electron chi connectivity index (χ2n) is 5.14. The number of benzene rings is 1. The van der Waals surface area contributed by atoms with Gasteiger partial charge in [-0.15, -0.1) is 0 Å². The molecule has 1 N–H and O–H groups in total. The lowest BCUT2D eigenvalue weighted by molar-refractivity contribution is 0.213. The molecular formula is C17H27FN2O. The van der Waals surface area contributed by atoms with E-state index in [1.54, 1.807) is 12.1 Å². The predicted molar refractivity (Wildman–Crippen MR) is 86.2 cm³/mol. The van der Waals surface area contributed by atoms with Gasteiger partial charge in [-0.3, -0.25) is 0 Å². The molecule has 0 aliphatic carbocycles. The Kier molecular flexibility index (Phi) is 9.46.